The molecule has 0 aliphatic heterocycles. The molecule has 3 aliphatic rings. The number of fused-ring (bicyclic) bond motifs is 5. The van der Waals surface area contributed by atoms with E-state index in [4.69, 9.17) is 14.2 Å². The molecule has 0 heterocycles. The van der Waals surface area contributed by atoms with Crippen molar-refractivity contribution in [1.29, 1.82) is 0 Å². The highest BCUT2D eigenvalue weighted by Crippen LogP contribution is 2.50. The van der Waals surface area contributed by atoms with Crippen molar-refractivity contribution < 1.29 is 23.8 Å². The summed E-state index contributed by atoms with van der Waals surface area (Å²) in [6, 6.07) is 6.82. The minimum atomic E-state index is -0.367. The molecule has 0 spiro atoms. The molecule has 1 saturated carbocycles. The molecule has 3 aliphatic carbocycles. The van der Waals surface area contributed by atoms with E-state index in [0.29, 0.717) is 78.5 Å². The smallest absolute Gasteiger partial charge is 0.220 e. The van der Waals surface area contributed by atoms with Crippen LogP contribution in [0.4, 0.5) is 5.69 Å². The van der Waals surface area contributed by atoms with Crippen LogP contribution in [0.1, 0.15) is 56.2 Å². The number of amides is 2. The Morgan fingerprint density at radius 1 is 1.00 bits per heavy atom. The number of benzene rings is 1. The highest BCUT2D eigenvalue weighted by Gasteiger charge is 2.35. The molecular weight excluding hydrogens is 534 g/mol. The fourth-order valence-corrected chi connectivity index (χ4v) is 6.79. The number of carbonyl (C=O) groups excluding carboxylic acids is 2. The van der Waals surface area contributed by atoms with Crippen LogP contribution in [0, 0.1) is 17.8 Å². The minimum Gasteiger partial charge on any atom is -0.493 e. The Kier molecular flexibility index (Phi) is 9.04. The maximum atomic E-state index is 13.4. The predicted molar refractivity (Wildman–Crippen MR) is 162 cm³/mol. The van der Waals surface area contributed by atoms with Crippen LogP contribution in [0.15, 0.2) is 41.2 Å². The highest BCUT2D eigenvalue weighted by molar-refractivity contribution is 5.83. The van der Waals surface area contributed by atoms with Crippen molar-refractivity contribution in [2.24, 2.45) is 17.8 Å². The van der Waals surface area contributed by atoms with Gasteiger partial charge in [0.05, 0.1) is 33.1 Å². The van der Waals surface area contributed by atoms with Gasteiger partial charge in [-0.25, -0.2) is 0 Å². The molecule has 2 amide bonds. The number of ether oxygens (including phenoxy) is 3. The summed E-state index contributed by atoms with van der Waals surface area (Å²) < 4.78 is 17.1. The van der Waals surface area contributed by atoms with Crippen molar-refractivity contribution in [3.05, 3.63) is 57.8 Å². The van der Waals surface area contributed by atoms with Crippen molar-refractivity contribution in [2.75, 3.05) is 39.7 Å². The number of hydrogen-bond acceptors (Lipinski definition) is 7. The zero-order valence-electron chi connectivity index (χ0n) is 24.9. The van der Waals surface area contributed by atoms with Gasteiger partial charge in [-0.3, -0.25) is 14.4 Å². The van der Waals surface area contributed by atoms with Crippen LogP contribution in [0.25, 0.3) is 11.1 Å². The summed E-state index contributed by atoms with van der Waals surface area (Å²) in [6.45, 7) is 2.69. The molecule has 2 bridgehead atoms. The summed E-state index contributed by atoms with van der Waals surface area (Å²) >= 11 is 0. The van der Waals surface area contributed by atoms with Crippen molar-refractivity contribution in [1.82, 2.24) is 10.6 Å². The number of aryl methyl sites for hydroxylation is 1. The van der Waals surface area contributed by atoms with Crippen LogP contribution < -0.4 is 35.6 Å². The molecule has 2 aromatic rings. The number of anilines is 1. The van der Waals surface area contributed by atoms with Crippen LogP contribution in [0.3, 0.4) is 0 Å². The van der Waals surface area contributed by atoms with Gasteiger partial charge in [0.15, 0.2) is 11.5 Å². The largest absolute Gasteiger partial charge is 0.493 e. The van der Waals surface area contributed by atoms with Crippen LogP contribution in [-0.2, 0) is 16.0 Å². The van der Waals surface area contributed by atoms with Gasteiger partial charge in [-0.15, -0.1) is 0 Å². The van der Waals surface area contributed by atoms with Gasteiger partial charge in [0.1, 0.15) is 0 Å². The van der Waals surface area contributed by atoms with E-state index in [1.165, 1.54) is 19.8 Å². The van der Waals surface area contributed by atoms with Crippen LogP contribution in [-0.4, -0.2) is 46.2 Å². The first kappa shape index (κ1) is 29.5. The van der Waals surface area contributed by atoms with E-state index in [0.717, 1.165) is 23.2 Å². The average Bonchev–Trinajstić information content (AvgIpc) is 3.53. The number of methoxy groups -OCH3 is 3. The molecule has 2 aromatic carbocycles. The predicted octanol–water partition coefficient (Wildman–Crippen LogP) is 4.38. The molecule has 3 N–H and O–H groups in total. The molecule has 0 radical (unpaired) electrons. The standard InChI is InChI=1S/C33H41N3O6/c1-19(37)36-26-11-9-22-16-29(40-2)32(41-3)33(42-4)31(22)24-10-12-27(28(38)17-25(24)26)34-13-5-6-30(39)35-18-23-15-20-7-8-21(23)14-20/h7-8,10,12,16-17,20-21,23,26H,5-6,9,11,13-15,18H2,1-4H3,(H,34,38)(H,35,39)(H,36,37)/t20-,21-,23+,26+/m1/s1. The van der Waals surface area contributed by atoms with Gasteiger partial charge in [-0.2, -0.15) is 0 Å². The lowest BCUT2D eigenvalue weighted by atomic mass is 9.93. The summed E-state index contributed by atoms with van der Waals surface area (Å²) in [7, 11) is 4.72. The lowest BCUT2D eigenvalue weighted by Gasteiger charge is -2.19. The van der Waals surface area contributed by atoms with E-state index < -0.39 is 0 Å². The summed E-state index contributed by atoms with van der Waals surface area (Å²) in [5.74, 6) is 3.25. The molecule has 5 rings (SSSR count). The van der Waals surface area contributed by atoms with Crippen molar-refractivity contribution in [3.63, 3.8) is 0 Å². The van der Waals surface area contributed by atoms with Gasteiger partial charge in [0.2, 0.25) is 23.0 Å². The van der Waals surface area contributed by atoms with Crippen molar-refractivity contribution in [2.45, 2.75) is 51.5 Å². The summed E-state index contributed by atoms with van der Waals surface area (Å²) in [5, 5.41) is 9.35. The van der Waals surface area contributed by atoms with Crippen LogP contribution >= 0.6 is 0 Å². The topological polar surface area (TPSA) is 115 Å². The van der Waals surface area contributed by atoms with Crippen molar-refractivity contribution >= 4 is 17.5 Å². The van der Waals surface area contributed by atoms with E-state index in [1.54, 1.807) is 33.5 Å². The number of allylic oxidation sites excluding steroid dienone is 2. The fourth-order valence-electron chi connectivity index (χ4n) is 6.79. The highest BCUT2D eigenvalue weighted by atomic mass is 16.5. The Balaban J connectivity index is 1.35. The molecule has 224 valence electrons. The molecule has 4 atom stereocenters. The van der Waals surface area contributed by atoms with Gasteiger partial charge in [0.25, 0.3) is 0 Å². The Bertz CT molecular complexity index is 1440. The first-order valence-electron chi connectivity index (χ1n) is 14.8. The summed E-state index contributed by atoms with van der Waals surface area (Å²) in [6.07, 6.45) is 9.23. The van der Waals surface area contributed by atoms with Gasteiger partial charge in [-0.05, 0) is 84.7 Å². The molecule has 42 heavy (non-hydrogen) atoms. The van der Waals surface area contributed by atoms with Gasteiger partial charge < -0.3 is 30.2 Å². The molecule has 0 unspecified atom stereocenters. The van der Waals surface area contributed by atoms with Crippen molar-refractivity contribution in [3.8, 4) is 28.4 Å². The first-order chi connectivity index (χ1) is 20.3. The Labute approximate surface area is 247 Å². The zero-order valence-corrected chi connectivity index (χ0v) is 24.9. The van der Waals surface area contributed by atoms with Gasteiger partial charge >= 0.3 is 0 Å². The molecule has 9 heteroatoms. The summed E-state index contributed by atoms with van der Waals surface area (Å²) in [5.41, 5.74) is 3.51. The average molecular weight is 576 g/mol. The van der Waals surface area contributed by atoms with E-state index in [1.807, 2.05) is 12.1 Å². The second-order valence-corrected chi connectivity index (χ2v) is 11.5. The lowest BCUT2D eigenvalue weighted by Crippen LogP contribution is -2.31. The van der Waals surface area contributed by atoms with E-state index in [9.17, 15) is 14.4 Å². The second kappa shape index (κ2) is 12.9. The Morgan fingerprint density at radius 3 is 2.48 bits per heavy atom. The molecule has 0 saturated heterocycles. The summed E-state index contributed by atoms with van der Waals surface area (Å²) in [4.78, 5) is 38.0. The molecule has 9 nitrogen and oxygen atoms in total. The maximum absolute atomic E-state index is 13.4. The lowest BCUT2D eigenvalue weighted by molar-refractivity contribution is -0.121. The zero-order chi connectivity index (χ0) is 29.8. The SMILES string of the molecule is COc1cc2c(c(OC)c1OC)-c1ccc(NCCCC(=O)NC[C@@H]3C[C@@H]4C=C[C@@H]3C4)c(=O)cc1[C@@H](NC(C)=O)CC2. The van der Waals surface area contributed by atoms with Gasteiger partial charge in [-0.1, -0.05) is 18.2 Å². The number of rotatable bonds is 11. The Morgan fingerprint density at radius 2 is 1.81 bits per heavy atom. The van der Waals surface area contributed by atoms with Crippen LogP contribution in [0.2, 0.25) is 0 Å². The monoisotopic (exact) mass is 575 g/mol. The number of nitrogens with one attached hydrogen (secondary N) is 3. The second-order valence-electron chi connectivity index (χ2n) is 11.5. The first-order valence-corrected chi connectivity index (χ1v) is 14.8. The maximum Gasteiger partial charge on any atom is 0.220 e. The third-order valence-corrected chi connectivity index (χ3v) is 8.79. The minimum absolute atomic E-state index is 0.0439. The fraction of sp³-hybridized carbons (Fsp3) is 0.485. The normalized spacial score (nSPS) is 21.5. The molecular formula is C33H41N3O6. The van der Waals surface area contributed by atoms with E-state index in [-0.39, 0.29) is 23.3 Å². The third kappa shape index (κ3) is 6.10. The molecule has 1 fully saturated rings. The van der Waals surface area contributed by atoms with Gasteiger partial charge in [0, 0.05) is 32.0 Å². The van der Waals surface area contributed by atoms with E-state index >= 15 is 0 Å². The van der Waals surface area contributed by atoms with E-state index in [2.05, 4.69) is 28.1 Å². The number of hydrogen-bond donors (Lipinski definition) is 3. The van der Waals surface area contributed by atoms with Crippen LogP contribution in [0.5, 0.6) is 17.2 Å². The third-order valence-electron chi connectivity index (χ3n) is 8.79. The quantitative estimate of drug-likeness (QED) is 0.269. The Hall–Kier alpha value is -4.01. The molecule has 0 aromatic heterocycles. The number of carbonyl (C=O) groups is 2.